The van der Waals surface area contributed by atoms with Crippen LogP contribution < -0.4 is 0 Å². The molecule has 2 aromatic rings. The van der Waals surface area contributed by atoms with Crippen LogP contribution in [0.2, 0.25) is 5.15 Å². The van der Waals surface area contributed by atoms with Crippen molar-refractivity contribution >= 4 is 22.9 Å². The standard InChI is InChI=1S/C7H4ClN3S/c8-6-3-5(4-10-11-6)7-9-1-2-12-7/h1-4H. The molecular formula is C7H4ClN3S. The fourth-order valence-corrected chi connectivity index (χ4v) is 1.60. The van der Waals surface area contributed by atoms with E-state index in [0.717, 1.165) is 10.6 Å². The molecule has 0 amide bonds. The first-order valence-corrected chi connectivity index (χ1v) is 4.50. The number of nitrogens with zero attached hydrogens (tertiary/aromatic N) is 3. The van der Waals surface area contributed by atoms with E-state index in [-0.39, 0.29) is 0 Å². The lowest BCUT2D eigenvalue weighted by Gasteiger charge is -1.93. The lowest BCUT2D eigenvalue weighted by Crippen LogP contribution is -1.83. The SMILES string of the molecule is Clc1cc(-c2nccs2)cnn1. The molecule has 2 aromatic heterocycles. The summed E-state index contributed by atoms with van der Waals surface area (Å²) in [4.78, 5) is 4.12. The van der Waals surface area contributed by atoms with Gasteiger partial charge in [-0.3, -0.25) is 0 Å². The Morgan fingerprint density at radius 1 is 1.42 bits per heavy atom. The fourth-order valence-electron chi connectivity index (χ4n) is 0.824. The van der Waals surface area contributed by atoms with Gasteiger partial charge in [0.2, 0.25) is 0 Å². The van der Waals surface area contributed by atoms with Crippen molar-refractivity contribution in [1.29, 1.82) is 0 Å². The quantitative estimate of drug-likeness (QED) is 0.704. The van der Waals surface area contributed by atoms with E-state index in [0.29, 0.717) is 5.15 Å². The Morgan fingerprint density at radius 3 is 3.00 bits per heavy atom. The number of halogens is 1. The summed E-state index contributed by atoms with van der Waals surface area (Å²) in [5.74, 6) is 0. The van der Waals surface area contributed by atoms with Crippen LogP contribution in [-0.4, -0.2) is 15.2 Å². The van der Waals surface area contributed by atoms with Crippen LogP contribution in [0, 0.1) is 0 Å². The zero-order valence-corrected chi connectivity index (χ0v) is 7.51. The highest BCUT2D eigenvalue weighted by Gasteiger charge is 2.01. The highest BCUT2D eigenvalue weighted by Crippen LogP contribution is 2.21. The van der Waals surface area contributed by atoms with Crippen molar-refractivity contribution < 1.29 is 0 Å². The molecule has 0 aliphatic carbocycles. The van der Waals surface area contributed by atoms with Gasteiger partial charge in [0.15, 0.2) is 5.15 Å². The Hall–Kier alpha value is -1.00. The van der Waals surface area contributed by atoms with Crippen LogP contribution in [0.25, 0.3) is 10.6 Å². The van der Waals surface area contributed by atoms with Crippen molar-refractivity contribution in [1.82, 2.24) is 15.2 Å². The highest BCUT2D eigenvalue weighted by atomic mass is 35.5. The van der Waals surface area contributed by atoms with Gasteiger partial charge < -0.3 is 0 Å². The minimum absolute atomic E-state index is 0.391. The molecule has 0 N–H and O–H groups in total. The number of hydrogen-bond donors (Lipinski definition) is 0. The molecule has 5 heteroatoms. The van der Waals surface area contributed by atoms with Crippen molar-refractivity contribution in [2.24, 2.45) is 0 Å². The van der Waals surface area contributed by atoms with E-state index in [1.54, 1.807) is 29.8 Å². The molecule has 60 valence electrons. The zero-order chi connectivity index (χ0) is 8.39. The molecule has 0 unspecified atom stereocenters. The van der Waals surface area contributed by atoms with Gasteiger partial charge >= 0.3 is 0 Å². The first kappa shape index (κ1) is 7.64. The molecule has 0 aromatic carbocycles. The summed E-state index contributed by atoms with van der Waals surface area (Å²) in [6.07, 6.45) is 3.39. The predicted molar refractivity (Wildman–Crippen MR) is 48.2 cm³/mol. The van der Waals surface area contributed by atoms with E-state index in [4.69, 9.17) is 11.6 Å². The van der Waals surface area contributed by atoms with Crippen LogP contribution in [-0.2, 0) is 0 Å². The van der Waals surface area contributed by atoms with E-state index >= 15 is 0 Å². The third-order valence-electron chi connectivity index (χ3n) is 1.30. The highest BCUT2D eigenvalue weighted by molar-refractivity contribution is 7.13. The Kier molecular flexibility index (Phi) is 2.01. The Balaban J connectivity index is 2.48. The Bertz CT molecular complexity index is 374. The van der Waals surface area contributed by atoms with Crippen molar-refractivity contribution in [3.05, 3.63) is 29.0 Å². The van der Waals surface area contributed by atoms with Gasteiger partial charge in [-0.1, -0.05) is 11.6 Å². The minimum Gasteiger partial charge on any atom is -0.244 e. The van der Waals surface area contributed by atoms with E-state index in [2.05, 4.69) is 15.2 Å². The van der Waals surface area contributed by atoms with Gasteiger partial charge in [0, 0.05) is 17.1 Å². The summed E-state index contributed by atoms with van der Waals surface area (Å²) >= 11 is 7.21. The average Bonchev–Trinajstić information content (AvgIpc) is 2.56. The van der Waals surface area contributed by atoms with E-state index in [1.165, 1.54) is 0 Å². The van der Waals surface area contributed by atoms with Gasteiger partial charge in [-0.05, 0) is 6.07 Å². The first-order chi connectivity index (χ1) is 5.86. The molecule has 3 nitrogen and oxygen atoms in total. The Morgan fingerprint density at radius 2 is 2.33 bits per heavy atom. The molecule has 0 atom stereocenters. The summed E-state index contributed by atoms with van der Waals surface area (Å²) in [6.45, 7) is 0. The van der Waals surface area contributed by atoms with Gasteiger partial charge in [0.1, 0.15) is 5.01 Å². The molecule has 0 aliphatic heterocycles. The normalized spacial score (nSPS) is 10.1. The van der Waals surface area contributed by atoms with Crippen LogP contribution in [0.15, 0.2) is 23.8 Å². The molecule has 0 saturated heterocycles. The van der Waals surface area contributed by atoms with Crippen LogP contribution >= 0.6 is 22.9 Å². The second kappa shape index (κ2) is 3.16. The molecule has 12 heavy (non-hydrogen) atoms. The summed E-state index contributed by atoms with van der Waals surface area (Å²) in [7, 11) is 0. The van der Waals surface area contributed by atoms with Gasteiger partial charge in [-0.25, -0.2) is 4.98 Å². The number of hydrogen-bond acceptors (Lipinski definition) is 4. The van der Waals surface area contributed by atoms with Gasteiger partial charge in [0.05, 0.1) is 6.20 Å². The maximum absolute atomic E-state index is 5.66. The minimum atomic E-state index is 0.391. The van der Waals surface area contributed by atoms with E-state index in [1.807, 2.05) is 5.38 Å². The molecule has 0 fully saturated rings. The summed E-state index contributed by atoms with van der Waals surface area (Å²) in [5.41, 5.74) is 0.907. The first-order valence-electron chi connectivity index (χ1n) is 3.24. The second-order valence-corrected chi connectivity index (χ2v) is 3.39. The molecule has 0 saturated carbocycles. The lowest BCUT2D eigenvalue weighted by molar-refractivity contribution is 1.03. The second-order valence-electron chi connectivity index (χ2n) is 2.10. The fraction of sp³-hybridized carbons (Fsp3) is 0. The summed E-state index contributed by atoms with van der Waals surface area (Å²) in [6, 6.07) is 1.74. The smallest absolute Gasteiger partial charge is 0.152 e. The molecular weight excluding hydrogens is 194 g/mol. The molecule has 0 aliphatic rings. The number of aromatic nitrogens is 3. The molecule has 2 heterocycles. The topological polar surface area (TPSA) is 38.7 Å². The van der Waals surface area contributed by atoms with Gasteiger partial charge in [-0.15, -0.1) is 16.4 Å². The van der Waals surface area contributed by atoms with E-state index in [9.17, 15) is 0 Å². The molecule has 0 bridgehead atoms. The largest absolute Gasteiger partial charge is 0.244 e. The summed E-state index contributed by atoms with van der Waals surface area (Å²) < 4.78 is 0. The molecule has 2 rings (SSSR count). The number of thiazole rings is 1. The number of rotatable bonds is 1. The van der Waals surface area contributed by atoms with Crippen LogP contribution in [0.5, 0.6) is 0 Å². The van der Waals surface area contributed by atoms with E-state index < -0.39 is 0 Å². The van der Waals surface area contributed by atoms with Crippen LogP contribution in [0.1, 0.15) is 0 Å². The molecule has 0 radical (unpaired) electrons. The third-order valence-corrected chi connectivity index (χ3v) is 2.31. The van der Waals surface area contributed by atoms with Gasteiger partial charge in [0.25, 0.3) is 0 Å². The monoisotopic (exact) mass is 197 g/mol. The van der Waals surface area contributed by atoms with Gasteiger partial charge in [-0.2, -0.15) is 5.10 Å². The lowest BCUT2D eigenvalue weighted by atomic mass is 10.3. The average molecular weight is 198 g/mol. The van der Waals surface area contributed by atoms with Crippen molar-refractivity contribution in [2.75, 3.05) is 0 Å². The van der Waals surface area contributed by atoms with Crippen LogP contribution in [0.4, 0.5) is 0 Å². The third kappa shape index (κ3) is 1.44. The van der Waals surface area contributed by atoms with Crippen molar-refractivity contribution in [2.45, 2.75) is 0 Å². The Labute approximate surface area is 78.1 Å². The van der Waals surface area contributed by atoms with Crippen molar-refractivity contribution in [3.63, 3.8) is 0 Å². The van der Waals surface area contributed by atoms with Crippen molar-refractivity contribution in [3.8, 4) is 10.6 Å². The predicted octanol–water partition coefficient (Wildman–Crippen LogP) is 2.25. The maximum Gasteiger partial charge on any atom is 0.152 e. The van der Waals surface area contributed by atoms with Crippen LogP contribution in [0.3, 0.4) is 0 Å². The zero-order valence-electron chi connectivity index (χ0n) is 5.94. The summed E-state index contributed by atoms with van der Waals surface area (Å²) in [5, 5.41) is 10.6. The maximum atomic E-state index is 5.66. The molecule has 0 spiro atoms.